The van der Waals surface area contributed by atoms with Gasteiger partial charge < -0.3 is 34.5 Å². The maximum absolute atomic E-state index is 12.2. The molecule has 1 amide bonds. The van der Waals surface area contributed by atoms with Gasteiger partial charge >= 0.3 is 0 Å². The van der Waals surface area contributed by atoms with Crippen molar-refractivity contribution in [2.24, 2.45) is 0 Å². The van der Waals surface area contributed by atoms with Gasteiger partial charge in [-0.25, -0.2) is 0 Å². The number of amides is 1. The van der Waals surface area contributed by atoms with Crippen LogP contribution in [0.1, 0.15) is 32.8 Å². The first-order valence-corrected chi connectivity index (χ1v) is 15.5. The van der Waals surface area contributed by atoms with Crippen LogP contribution in [0.25, 0.3) is 6.08 Å². The Morgan fingerprint density at radius 2 is 1.94 bits per heavy atom. The van der Waals surface area contributed by atoms with Crippen molar-refractivity contribution >= 4 is 37.7 Å². The van der Waals surface area contributed by atoms with Crippen LogP contribution in [-0.2, 0) is 9.22 Å². The van der Waals surface area contributed by atoms with Crippen LogP contribution in [0.15, 0.2) is 17.0 Å². The lowest BCUT2D eigenvalue weighted by molar-refractivity contribution is -0.117. The molecule has 2 aliphatic rings. The van der Waals surface area contributed by atoms with E-state index in [-0.39, 0.29) is 10.9 Å². The first-order chi connectivity index (χ1) is 15.9. The number of rotatable bonds is 9. The van der Waals surface area contributed by atoms with Crippen LogP contribution in [0, 0.1) is 0 Å². The summed E-state index contributed by atoms with van der Waals surface area (Å²) in [5.74, 6) is 0.960. The Morgan fingerprint density at radius 1 is 1.26 bits per heavy atom. The van der Waals surface area contributed by atoms with Gasteiger partial charge in [0.2, 0.25) is 0 Å². The van der Waals surface area contributed by atoms with Gasteiger partial charge in [-0.05, 0) is 36.7 Å². The summed E-state index contributed by atoms with van der Waals surface area (Å²) in [6, 6.07) is 4.19. The fourth-order valence-corrected chi connectivity index (χ4v) is 5.65. The van der Waals surface area contributed by atoms with Gasteiger partial charge in [-0.1, -0.05) is 32.5 Å². The van der Waals surface area contributed by atoms with E-state index in [2.05, 4.69) is 49.4 Å². The molecule has 0 aliphatic carbocycles. The molecule has 2 saturated heterocycles. The topological polar surface area (TPSA) is 92.3 Å². The third kappa shape index (κ3) is 6.28. The molecule has 2 unspecified atom stereocenters. The fourth-order valence-electron chi connectivity index (χ4n) is 3.83. The van der Waals surface area contributed by atoms with E-state index < -0.39 is 13.9 Å². The predicted octanol–water partition coefficient (Wildman–Crippen LogP) is 3.37. The number of anilines is 1. The van der Waals surface area contributed by atoms with Crippen molar-refractivity contribution in [3.05, 3.63) is 22.6 Å². The van der Waals surface area contributed by atoms with E-state index >= 15 is 0 Å². The Hall–Kier alpha value is -1.72. The monoisotopic (exact) mass is 509 g/mol. The standard InChI is InChI=1S/C24H39N3O5SSi/c1-24(2,3)34(6,7)32-11-9-25-17-8-10-27(15-17)18-14-20(31-5)19(30-4)12-16(18)13-21-22(28)26-23(29)33-21/h12-14,17,23,25,29H,8-11,15H2,1-7H3,(H,26,28)/b21-13-. The lowest BCUT2D eigenvalue weighted by Crippen LogP contribution is -2.43. The average molecular weight is 510 g/mol. The molecule has 0 spiro atoms. The minimum atomic E-state index is -1.74. The van der Waals surface area contributed by atoms with Crippen LogP contribution in [0.4, 0.5) is 5.69 Å². The molecule has 1 aromatic rings. The number of hydrogen-bond acceptors (Lipinski definition) is 8. The van der Waals surface area contributed by atoms with Crippen LogP contribution in [0.5, 0.6) is 11.5 Å². The van der Waals surface area contributed by atoms with Crippen molar-refractivity contribution in [3.63, 3.8) is 0 Å². The van der Waals surface area contributed by atoms with E-state index in [1.165, 1.54) is 0 Å². The van der Waals surface area contributed by atoms with Crippen molar-refractivity contribution in [1.29, 1.82) is 0 Å². The number of methoxy groups -OCH3 is 2. The van der Waals surface area contributed by atoms with Gasteiger partial charge in [0, 0.05) is 49.6 Å². The zero-order valence-corrected chi connectivity index (χ0v) is 23.2. The van der Waals surface area contributed by atoms with Gasteiger partial charge in [-0.3, -0.25) is 4.79 Å². The van der Waals surface area contributed by atoms with Crippen LogP contribution in [-0.4, -0.2) is 71.4 Å². The summed E-state index contributed by atoms with van der Waals surface area (Å²) in [5.41, 5.74) is 0.907. The Balaban J connectivity index is 1.70. The van der Waals surface area contributed by atoms with Gasteiger partial charge in [-0.2, -0.15) is 0 Å². The molecule has 10 heteroatoms. The van der Waals surface area contributed by atoms with Crippen molar-refractivity contribution in [3.8, 4) is 11.5 Å². The maximum Gasteiger partial charge on any atom is 0.260 e. The third-order valence-corrected chi connectivity index (χ3v) is 12.3. The Labute approximate surface area is 208 Å². The molecule has 3 rings (SSSR count). The van der Waals surface area contributed by atoms with E-state index in [9.17, 15) is 9.90 Å². The molecule has 2 heterocycles. The second kappa shape index (κ2) is 10.9. The second-order valence-electron chi connectivity index (χ2n) is 10.2. The molecule has 2 atom stereocenters. The summed E-state index contributed by atoms with van der Waals surface area (Å²) < 4.78 is 17.3. The highest BCUT2D eigenvalue weighted by atomic mass is 32.2. The molecule has 0 bridgehead atoms. The average Bonchev–Trinajstić information content (AvgIpc) is 3.35. The summed E-state index contributed by atoms with van der Waals surface area (Å²) in [6.45, 7) is 14.6. The number of carbonyl (C=O) groups is 1. The lowest BCUT2D eigenvalue weighted by atomic mass is 10.1. The number of nitrogens with one attached hydrogen (secondary N) is 2. The van der Waals surface area contributed by atoms with E-state index in [0.717, 1.165) is 55.7 Å². The molecule has 190 valence electrons. The number of carbonyl (C=O) groups excluding carboxylic acids is 1. The van der Waals surface area contributed by atoms with Gasteiger partial charge in [0.05, 0.1) is 19.1 Å². The van der Waals surface area contributed by atoms with Crippen LogP contribution in [0.2, 0.25) is 18.1 Å². The van der Waals surface area contributed by atoms with Gasteiger partial charge in [0.1, 0.15) is 0 Å². The fraction of sp³-hybridized carbons (Fsp3) is 0.625. The molecule has 0 radical (unpaired) electrons. The zero-order valence-electron chi connectivity index (χ0n) is 21.4. The van der Waals surface area contributed by atoms with E-state index in [4.69, 9.17) is 13.9 Å². The normalized spacial score (nSPS) is 22.4. The van der Waals surface area contributed by atoms with Gasteiger partial charge in [0.15, 0.2) is 25.4 Å². The molecule has 34 heavy (non-hydrogen) atoms. The zero-order chi connectivity index (χ0) is 25.1. The van der Waals surface area contributed by atoms with Gasteiger partial charge in [-0.15, -0.1) is 0 Å². The van der Waals surface area contributed by atoms with Crippen LogP contribution < -0.4 is 25.0 Å². The Kier molecular flexibility index (Phi) is 8.62. The van der Waals surface area contributed by atoms with Crippen LogP contribution in [0.3, 0.4) is 0 Å². The summed E-state index contributed by atoms with van der Waals surface area (Å²) in [4.78, 5) is 15.0. The number of thioether (sulfide) groups is 1. The minimum Gasteiger partial charge on any atom is -0.493 e. The summed E-state index contributed by atoms with van der Waals surface area (Å²) >= 11 is 1.10. The first-order valence-electron chi connectivity index (χ1n) is 11.7. The summed E-state index contributed by atoms with van der Waals surface area (Å²) in [6.07, 6.45) is 2.82. The predicted molar refractivity (Wildman–Crippen MR) is 141 cm³/mol. The largest absolute Gasteiger partial charge is 0.493 e. The number of aliphatic hydroxyl groups excluding tert-OH is 1. The second-order valence-corrected chi connectivity index (χ2v) is 16.1. The highest BCUT2D eigenvalue weighted by Gasteiger charge is 2.37. The number of nitrogens with zero attached hydrogens (tertiary/aromatic N) is 1. The van der Waals surface area contributed by atoms with Crippen molar-refractivity contribution in [1.82, 2.24) is 10.6 Å². The highest BCUT2D eigenvalue weighted by Crippen LogP contribution is 2.39. The maximum atomic E-state index is 12.2. The van der Waals surface area contributed by atoms with Crippen molar-refractivity contribution in [2.75, 3.05) is 45.4 Å². The molecule has 3 N–H and O–H groups in total. The summed E-state index contributed by atoms with van der Waals surface area (Å²) in [5, 5.41) is 16.1. The smallest absolute Gasteiger partial charge is 0.260 e. The van der Waals surface area contributed by atoms with Crippen molar-refractivity contribution in [2.45, 2.75) is 56.9 Å². The first kappa shape index (κ1) is 26.9. The summed E-state index contributed by atoms with van der Waals surface area (Å²) in [7, 11) is 1.47. The van der Waals surface area contributed by atoms with Gasteiger partial charge in [0.25, 0.3) is 5.91 Å². The van der Waals surface area contributed by atoms with Crippen LogP contribution >= 0.6 is 11.8 Å². The molecule has 1 aromatic carbocycles. The third-order valence-electron chi connectivity index (χ3n) is 6.87. The SMILES string of the molecule is COc1cc(/C=C2\SC(O)NC2=O)c(N2CCC(NCCO[Si](C)(C)C(C)(C)C)C2)cc1OC. The van der Waals surface area contributed by atoms with E-state index in [1.807, 2.05) is 12.1 Å². The number of ether oxygens (including phenoxy) is 2. The molecular weight excluding hydrogens is 470 g/mol. The molecule has 0 aromatic heterocycles. The Morgan fingerprint density at radius 3 is 2.53 bits per heavy atom. The Bertz CT molecular complexity index is 919. The highest BCUT2D eigenvalue weighted by molar-refractivity contribution is 8.05. The molecule has 0 saturated carbocycles. The van der Waals surface area contributed by atoms with Crippen molar-refractivity contribution < 1.29 is 23.8 Å². The number of aliphatic hydroxyl groups is 1. The quantitative estimate of drug-likeness (QED) is 0.265. The number of hydrogen-bond donors (Lipinski definition) is 3. The van der Waals surface area contributed by atoms with E-state index in [1.54, 1.807) is 20.3 Å². The van der Waals surface area contributed by atoms with E-state index in [0.29, 0.717) is 22.4 Å². The lowest BCUT2D eigenvalue weighted by Gasteiger charge is -2.36. The number of benzene rings is 1. The molecular formula is C24H39N3O5SSi. The molecule has 2 aliphatic heterocycles. The molecule has 8 nitrogen and oxygen atoms in total. The molecule has 2 fully saturated rings. The minimum absolute atomic E-state index is 0.208.